The number of nitro benzene ring substituents is 1. The average Bonchev–Trinajstić information content (AvgIpc) is 3.84. The normalized spacial score (nSPS) is 10.3. The van der Waals surface area contributed by atoms with Crippen LogP contribution in [0.4, 0.5) is 11.4 Å². The molecule has 6 aromatic rings. The molecule has 0 spiro atoms. The number of aromatic nitrogens is 6. The van der Waals surface area contributed by atoms with E-state index in [1.165, 1.54) is 71.7 Å². The maximum atomic E-state index is 11.3. The lowest BCUT2D eigenvalue weighted by Gasteiger charge is -2.11. The van der Waals surface area contributed by atoms with E-state index in [2.05, 4.69) is 29.9 Å². The van der Waals surface area contributed by atoms with Crippen molar-refractivity contribution in [2.45, 2.75) is 0 Å². The molecule has 0 aliphatic carbocycles. The predicted octanol–water partition coefficient (Wildman–Crippen LogP) is 5.37. The average molecular weight is 659 g/mol. The van der Waals surface area contributed by atoms with Gasteiger partial charge < -0.3 is 43.0 Å². The minimum Gasteiger partial charge on any atom is -0.481 e. The Kier molecular flexibility index (Phi) is 10.0. The second-order valence-corrected chi connectivity index (χ2v) is 9.03. The van der Waals surface area contributed by atoms with Crippen molar-refractivity contribution in [3.8, 4) is 69.7 Å². The molecule has 2 N–H and O–H groups in total. The van der Waals surface area contributed by atoms with Gasteiger partial charge in [-0.1, -0.05) is 12.1 Å². The summed E-state index contributed by atoms with van der Waals surface area (Å²) >= 11 is 0. The molecule has 18 nitrogen and oxygen atoms in total. The van der Waals surface area contributed by atoms with Gasteiger partial charge in [-0.05, 0) is 18.2 Å². The molecule has 0 saturated heterocycles. The van der Waals surface area contributed by atoms with Gasteiger partial charge in [0.05, 0.1) is 63.5 Å². The van der Waals surface area contributed by atoms with Gasteiger partial charge in [0.2, 0.25) is 23.5 Å². The molecule has 4 aromatic heterocycles. The Labute approximate surface area is 271 Å². The zero-order chi connectivity index (χ0) is 34.0. The van der Waals surface area contributed by atoms with Gasteiger partial charge in [-0.15, -0.1) is 0 Å². The fourth-order valence-electron chi connectivity index (χ4n) is 4.05. The molecule has 0 aliphatic rings. The number of hydrogen-bond acceptors (Lipinski definition) is 17. The SMILES string of the molecule is COc1cc(OC)nc(Oc2cccc(N)c2-c2cnco2)n1.COc1cc(OC)nc(Oc2cccc([N+](=O)[O-])c2-c2cnco2)n1. The van der Waals surface area contributed by atoms with Crippen LogP contribution in [0.5, 0.6) is 47.0 Å². The number of nitrogens with zero attached hydrogens (tertiary/aromatic N) is 7. The highest BCUT2D eigenvalue weighted by molar-refractivity contribution is 5.79. The lowest BCUT2D eigenvalue weighted by atomic mass is 10.1. The molecule has 2 aromatic carbocycles. The number of rotatable bonds is 11. The molecule has 0 bridgehead atoms. The molecule has 0 saturated carbocycles. The summed E-state index contributed by atoms with van der Waals surface area (Å²) in [5, 5.41) is 11.3. The van der Waals surface area contributed by atoms with Crippen molar-refractivity contribution in [1.29, 1.82) is 0 Å². The molecule has 0 fully saturated rings. The van der Waals surface area contributed by atoms with Gasteiger partial charge in [-0.3, -0.25) is 10.1 Å². The third-order valence-electron chi connectivity index (χ3n) is 6.17. The minimum atomic E-state index is -0.544. The van der Waals surface area contributed by atoms with Gasteiger partial charge in [0.15, 0.2) is 24.3 Å². The number of nitrogen functional groups attached to an aromatic ring is 1. The third-order valence-corrected chi connectivity index (χ3v) is 6.17. The number of ether oxygens (including phenoxy) is 6. The molecule has 0 aliphatic heterocycles. The van der Waals surface area contributed by atoms with Crippen molar-refractivity contribution in [1.82, 2.24) is 29.9 Å². The summed E-state index contributed by atoms with van der Waals surface area (Å²) in [6.45, 7) is 0. The molecule has 0 radical (unpaired) electrons. The van der Waals surface area contributed by atoms with Crippen molar-refractivity contribution in [2.75, 3.05) is 34.2 Å². The summed E-state index contributed by atoms with van der Waals surface area (Å²) < 4.78 is 42.2. The number of anilines is 1. The van der Waals surface area contributed by atoms with E-state index in [9.17, 15) is 10.1 Å². The third kappa shape index (κ3) is 7.45. The first-order valence-electron chi connectivity index (χ1n) is 13.6. The van der Waals surface area contributed by atoms with Crippen LogP contribution in [0, 0.1) is 10.1 Å². The summed E-state index contributed by atoms with van der Waals surface area (Å²) in [4.78, 5) is 34.8. The van der Waals surface area contributed by atoms with E-state index in [0.29, 0.717) is 34.5 Å². The number of oxazole rings is 2. The van der Waals surface area contributed by atoms with Gasteiger partial charge in [-0.25, -0.2) is 9.97 Å². The van der Waals surface area contributed by atoms with Crippen LogP contribution in [-0.2, 0) is 0 Å². The van der Waals surface area contributed by atoms with Crippen molar-refractivity contribution in [2.24, 2.45) is 0 Å². The molecular formula is C30H26N8O10. The summed E-state index contributed by atoms with van der Waals surface area (Å²) in [6.07, 6.45) is 5.38. The first kappa shape index (κ1) is 32.4. The second-order valence-electron chi connectivity index (χ2n) is 9.03. The van der Waals surface area contributed by atoms with Crippen molar-refractivity contribution >= 4 is 11.4 Å². The van der Waals surface area contributed by atoms with E-state index in [0.717, 1.165) is 0 Å². The molecule has 4 heterocycles. The van der Waals surface area contributed by atoms with Crippen LogP contribution in [-0.4, -0.2) is 63.3 Å². The van der Waals surface area contributed by atoms with Crippen LogP contribution in [0.2, 0.25) is 0 Å². The van der Waals surface area contributed by atoms with Gasteiger partial charge in [-0.2, -0.15) is 19.9 Å². The Morgan fingerprint density at radius 1 is 0.667 bits per heavy atom. The zero-order valence-corrected chi connectivity index (χ0v) is 25.7. The number of benzene rings is 2. The van der Waals surface area contributed by atoms with Crippen molar-refractivity contribution in [3.05, 3.63) is 83.8 Å². The highest BCUT2D eigenvalue weighted by atomic mass is 16.6. The van der Waals surface area contributed by atoms with E-state index in [1.807, 2.05) is 0 Å². The van der Waals surface area contributed by atoms with E-state index in [-0.39, 0.29) is 46.5 Å². The lowest BCUT2D eigenvalue weighted by molar-refractivity contribution is -0.384. The van der Waals surface area contributed by atoms with E-state index >= 15 is 0 Å². The number of methoxy groups -OCH3 is 4. The van der Waals surface area contributed by atoms with Crippen LogP contribution in [0.15, 0.2) is 82.5 Å². The fraction of sp³-hybridized carbons (Fsp3) is 0.133. The van der Waals surface area contributed by atoms with Crippen LogP contribution in [0.3, 0.4) is 0 Å². The number of hydrogen-bond donors (Lipinski definition) is 1. The molecule has 246 valence electrons. The van der Waals surface area contributed by atoms with Gasteiger partial charge in [0.25, 0.3) is 5.69 Å². The van der Waals surface area contributed by atoms with Gasteiger partial charge in [0.1, 0.15) is 17.1 Å². The molecule has 0 atom stereocenters. The van der Waals surface area contributed by atoms with Gasteiger partial charge in [0, 0.05) is 11.8 Å². The maximum absolute atomic E-state index is 11.3. The maximum Gasteiger partial charge on any atom is 0.328 e. The Balaban J connectivity index is 0.000000188. The highest BCUT2D eigenvalue weighted by Gasteiger charge is 2.24. The Bertz CT molecular complexity index is 1940. The second kappa shape index (κ2) is 14.9. The van der Waals surface area contributed by atoms with Gasteiger partial charge >= 0.3 is 12.0 Å². The van der Waals surface area contributed by atoms with Crippen LogP contribution >= 0.6 is 0 Å². The molecule has 6 rings (SSSR count). The Hall–Kier alpha value is -6.98. The first-order valence-corrected chi connectivity index (χ1v) is 13.6. The highest BCUT2D eigenvalue weighted by Crippen LogP contribution is 2.40. The van der Waals surface area contributed by atoms with Crippen molar-refractivity contribution < 1.29 is 42.2 Å². The van der Waals surface area contributed by atoms with Crippen LogP contribution in [0.25, 0.3) is 22.6 Å². The molecule has 0 amide bonds. The number of nitro groups is 1. The van der Waals surface area contributed by atoms with Crippen LogP contribution < -0.4 is 34.2 Å². The van der Waals surface area contributed by atoms with E-state index in [4.69, 9.17) is 43.0 Å². The standard InChI is InChI=1S/C15H12N4O6.C15H14N4O4/c1-22-12-6-13(23-2)18-15(17-12)25-10-5-3-4-9(19(20)21)14(10)11-7-16-8-24-11;1-20-12-6-13(21-2)19-15(18-12)23-10-5-3-4-9(16)14(10)11-7-17-8-22-11/h3-8H,1-2H3;3-8H,16H2,1-2H3. The zero-order valence-electron chi connectivity index (χ0n) is 25.7. The summed E-state index contributed by atoms with van der Waals surface area (Å²) in [6, 6.07) is 12.5. The monoisotopic (exact) mass is 658 g/mol. The fourth-order valence-corrected chi connectivity index (χ4v) is 4.05. The lowest BCUT2D eigenvalue weighted by Crippen LogP contribution is -2.00. The predicted molar refractivity (Wildman–Crippen MR) is 165 cm³/mol. The minimum absolute atomic E-state index is 0.0626. The molecule has 0 unspecified atom stereocenters. The summed E-state index contributed by atoms with van der Waals surface area (Å²) in [7, 11) is 5.84. The van der Waals surface area contributed by atoms with Crippen molar-refractivity contribution in [3.63, 3.8) is 0 Å². The molecular weight excluding hydrogens is 632 g/mol. The first-order chi connectivity index (χ1) is 23.3. The smallest absolute Gasteiger partial charge is 0.328 e. The molecule has 18 heteroatoms. The largest absolute Gasteiger partial charge is 0.481 e. The summed E-state index contributed by atoms with van der Waals surface area (Å²) in [5.41, 5.74) is 6.98. The molecule has 48 heavy (non-hydrogen) atoms. The van der Waals surface area contributed by atoms with E-state index < -0.39 is 4.92 Å². The Morgan fingerprint density at radius 3 is 1.52 bits per heavy atom. The topological polar surface area (TPSA) is 228 Å². The van der Waals surface area contributed by atoms with E-state index in [1.54, 1.807) is 30.5 Å². The quantitative estimate of drug-likeness (QED) is 0.105. The summed E-state index contributed by atoms with van der Waals surface area (Å²) in [5.74, 6) is 2.28. The van der Waals surface area contributed by atoms with Crippen LogP contribution in [0.1, 0.15) is 0 Å². The Morgan fingerprint density at radius 2 is 1.10 bits per heavy atom. The number of nitrogens with two attached hydrogens (primary N) is 1.